The second-order valence-corrected chi connectivity index (χ2v) is 9.59. The van der Waals surface area contributed by atoms with Crippen LogP contribution < -0.4 is 5.32 Å². The number of amides is 1. The zero-order chi connectivity index (χ0) is 21.3. The molecule has 1 aliphatic heterocycles. The molecule has 0 unspecified atom stereocenters. The van der Waals surface area contributed by atoms with E-state index in [0.29, 0.717) is 11.0 Å². The number of aromatic carboxylic acids is 1. The average Bonchev–Trinajstić information content (AvgIpc) is 3.04. The lowest BCUT2D eigenvalue weighted by Crippen LogP contribution is -2.41. The molecule has 2 N–H and O–H groups in total. The number of hydrogen-bond donors (Lipinski definition) is 2. The zero-order valence-corrected chi connectivity index (χ0v) is 18.2. The van der Waals surface area contributed by atoms with Gasteiger partial charge in [-0.2, -0.15) is 0 Å². The van der Waals surface area contributed by atoms with Crippen LogP contribution in [0.5, 0.6) is 0 Å². The van der Waals surface area contributed by atoms with Gasteiger partial charge in [-0.15, -0.1) is 11.3 Å². The van der Waals surface area contributed by atoms with Crippen LogP contribution in [-0.4, -0.2) is 47.6 Å². The van der Waals surface area contributed by atoms with Crippen molar-refractivity contribution in [1.82, 2.24) is 5.32 Å². The van der Waals surface area contributed by atoms with Gasteiger partial charge in [0.25, 0.3) is 0 Å². The Kier molecular flexibility index (Phi) is 6.32. The zero-order valence-electron chi connectivity index (χ0n) is 17.4. The monoisotopic (exact) mass is 409 g/mol. The minimum Gasteiger partial charge on any atom is -0.477 e. The van der Waals surface area contributed by atoms with Crippen molar-refractivity contribution in [3.05, 3.63) is 27.4 Å². The number of carboxylic acids is 1. The predicted octanol–water partition coefficient (Wildman–Crippen LogP) is 3.99. The first-order valence-corrected chi connectivity index (χ1v) is 9.93. The first-order chi connectivity index (χ1) is 12.7. The molecule has 2 heterocycles. The molecule has 154 valence electrons. The van der Waals surface area contributed by atoms with Crippen molar-refractivity contribution in [3.8, 4) is 0 Å². The van der Waals surface area contributed by atoms with Gasteiger partial charge in [0.15, 0.2) is 0 Å². The normalized spacial score (nSPS) is 18.8. The average molecular weight is 409 g/mol. The van der Waals surface area contributed by atoms with Crippen LogP contribution in [0.1, 0.15) is 63.7 Å². The largest absolute Gasteiger partial charge is 0.492 e. The summed E-state index contributed by atoms with van der Waals surface area (Å²) in [5, 5.41) is 13.8. The fourth-order valence-corrected chi connectivity index (χ4v) is 3.21. The molecule has 1 saturated heterocycles. The predicted molar refractivity (Wildman–Crippen MR) is 110 cm³/mol. The molecule has 2 rings (SSSR count). The Bertz CT molecular complexity index is 762. The molecular weight excluding hydrogens is 381 g/mol. The molecule has 0 aliphatic carbocycles. The summed E-state index contributed by atoms with van der Waals surface area (Å²) in [4.78, 5) is 23.7. The topological polar surface area (TPSA) is 94.1 Å². The molecule has 1 aromatic rings. The standard InChI is InChI=1S/C19H28BNO6S/c1-17(2,3)25-16(24)21-11-13(10-12-8-9-28-14(12)15(22)23)20-26-18(4,5)19(6,7)27-20/h8-10H,11H2,1-7H3,(H,21,24)(H,22,23). The van der Waals surface area contributed by atoms with Gasteiger partial charge in [-0.05, 0) is 70.9 Å². The molecule has 1 aliphatic rings. The summed E-state index contributed by atoms with van der Waals surface area (Å²) in [6.45, 7) is 13.2. The number of carbonyl (C=O) groups is 2. The Morgan fingerprint density at radius 3 is 2.32 bits per heavy atom. The van der Waals surface area contributed by atoms with Crippen molar-refractivity contribution in [1.29, 1.82) is 0 Å². The maximum absolute atomic E-state index is 12.1. The Balaban J connectivity index is 2.29. The smallest absolute Gasteiger partial charge is 0.477 e. The SMILES string of the molecule is CC(C)(C)OC(=O)NCC(=Cc1ccsc1C(=O)O)B1OC(C)(C)C(C)(C)O1. The number of alkyl carbamates (subject to hydrolysis) is 1. The number of hydrogen-bond acceptors (Lipinski definition) is 6. The molecule has 0 bridgehead atoms. The van der Waals surface area contributed by atoms with Crippen molar-refractivity contribution < 1.29 is 28.7 Å². The van der Waals surface area contributed by atoms with Crippen molar-refractivity contribution in [2.24, 2.45) is 0 Å². The van der Waals surface area contributed by atoms with Gasteiger partial charge in [-0.3, -0.25) is 0 Å². The van der Waals surface area contributed by atoms with Crippen LogP contribution in [0.3, 0.4) is 0 Å². The van der Waals surface area contributed by atoms with Crippen LogP contribution in [0.2, 0.25) is 0 Å². The van der Waals surface area contributed by atoms with Crippen LogP contribution in [0.15, 0.2) is 16.9 Å². The second kappa shape index (κ2) is 7.89. The van der Waals surface area contributed by atoms with Gasteiger partial charge in [0.2, 0.25) is 0 Å². The summed E-state index contributed by atoms with van der Waals surface area (Å²) in [6.07, 6.45) is 1.12. The van der Waals surface area contributed by atoms with E-state index in [2.05, 4.69) is 5.32 Å². The summed E-state index contributed by atoms with van der Waals surface area (Å²) >= 11 is 1.14. The van der Waals surface area contributed by atoms with Crippen molar-refractivity contribution in [3.63, 3.8) is 0 Å². The Labute approximate surface area is 170 Å². The van der Waals surface area contributed by atoms with E-state index in [1.54, 1.807) is 38.3 Å². The van der Waals surface area contributed by atoms with Crippen LogP contribution in [0.25, 0.3) is 6.08 Å². The highest BCUT2D eigenvalue weighted by Crippen LogP contribution is 2.39. The van der Waals surface area contributed by atoms with Crippen LogP contribution in [0.4, 0.5) is 4.79 Å². The van der Waals surface area contributed by atoms with E-state index in [-0.39, 0.29) is 11.4 Å². The van der Waals surface area contributed by atoms with Crippen molar-refractivity contribution in [2.45, 2.75) is 65.3 Å². The van der Waals surface area contributed by atoms with Gasteiger partial charge >= 0.3 is 19.2 Å². The first kappa shape index (κ1) is 22.5. The number of carbonyl (C=O) groups excluding carboxylic acids is 1. The van der Waals surface area contributed by atoms with Crippen molar-refractivity contribution >= 4 is 36.6 Å². The van der Waals surface area contributed by atoms with E-state index >= 15 is 0 Å². The quantitative estimate of drug-likeness (QED) is 0.715. The minimum atomic E-state index is -1.00. The highest BCUT2D eigenvalue weighted by Gasteiger charge is 2.52. The van der Waals surface area contributed by atoms with E-state index in [1.807, 2.05) is 27.7 Å². The number of ether oxygens (including phenoxy) is 1. The summed E-state index contributed by atoms with van der Waals surface area (Å²) < 4.78 is 17.4. The molecule has 7 nitrogen and oxygen atoms in total. The number of thiophene rings is 1. The summed E-state index contributed by atoms with van der Waals surface area (Å²) in [5.41, 5.74) is -0.610. The summed E-state index contributed by atoms with van der Waals surface area (Å²) in [6, 6.07) is 1.72. The molecule has 28 heavy (non-hydrogen) atoms. The van der Waals surface area contributed by atoms with E-state index in [4.69, 9.17) is 14.0 Å². The molecule has 1 aromatic heterocycles. The highest BCUT2D eigenvalue weighted by molar-refractivity contribution is 7.12. The molecule has 9 heteroatoms. The number of nitrogens with one attached hydrogen (secondary N) is 1. The maximum Gasteiger partial charge on any atom is 0.492 e. The second-order valence-electron chi connectivity index (χ2n) is 8.67. The lowest BCUT2D eigenvalue weighted by Gasteiger charge is -2.32. The third-order valence-electron chi connectivity index (χ3n) is 4.62. The molecule has 0 radical (unpaired) electrons. The van der Waals surface area contributed by atoms with Gasteiger partial charge < -0.3 is 24.5 Å². The van der Waals surface area contributed by atoms with Gasteiger partial charge in [0, 0.05) is 6.54 Å². The third kappa shape index (κ3) is 5.36. The van der Waals surface area contributed by atoms with E-state index < -0.39 is 36.0 Å². The van der Waals surface area contributed by atoms with Crippen molar-refractivity contribution in [2.75, 3.05) is 6.54 Å². The van der Waals surface area contributed by atoms with E-state index in [0.717, 1.165) is 11.3 Å². The molecule has 0 spiro atoms. The van der Waals surface area contributed by atoms with Crippen LogP contribution in [0, 0.1) is 0 Å². The fraction of sp³-hybridized carbons (Fsp3) is 0.579. The van der Waals surface area contributed by atoms with Crippen LogP contribution >= 0.6 is 11.3 Å². The lowest BCUT2D eigenvalue weighted by atomic mass is 9.77. The third-order valence-corrected chi connectivity index (χ3v) is 5.54. The van der Waals surface area contributed by atoms with Gasteiger partial charge in [-0.1, -0.05) is 6.08 Å². The molecule has 1 fully saturated rings. The Morgan fingerprint density at radius 2 is 1.82 bits per heavy atom. The molecular formula is C19H28BNO6S. The molecule has 1 amide bonds. The highest BCUT2D eigenvalue weighted by atomic mass is 32.1. The molecule has 0 aromatic carbocycles. The summed E-state index contributed by atoms with van der Waals surface area (Å²) in [7, 11) is -0.721. The van der Waals surface area contributed by atoms with E-state index in [9.17, 15) is 14.7 Å². The van der Waals surface area contributed by atoms with Gasteiger partial charge in [0.05, 0.1) is 11.2 Å². The first-order valence-electron chi connectivity index (χ1n) is 9.05. The fourth-order valence-electron chi connectivity index (χ4n) is 2.49. The van der Waals surface area contributed by atoms with E-state index in [1.165, 1.54) is 0 Å². The van der Waals surface area contributed by atoms with Gasteiger partial charge in [-0.25, -0.2) is 9.59 Å². The van der Waals surface area contributed by atoms with Gasteiger partial charge in [0.1, 0.15) is 10.5 Å². The molecule has 0 atom stereocenters. The maximum atomic E-state index is 12.1. The summed E-state index contributed by atoms with van der Waals surface area (Å²) in [5.74, 6) is -1.00. The minimum absolute atomic E-state index is 0.0979. The molecule has 0 saturated carbocycles. The number of rotatable bonds is 5. The van der Waals surface area contributed by atoms with Crippen LogP contribution in [-0.2, 0) is 14.0 Å². The Morgan fingerprint density at radius 1 is 1.25 bits per heavy atom. The lowest BCUT2D eigenvalue weighted by molar-refractivity contribution is 0.00578. The number of carboxylic acid groups (broad SMARTS) is 1. The Hall–Kier alpha value is -1.84.